The number of rotatable bonds is 4. The number of benzene rings is 2. The molecule has 0 aromatic heterocycles. The second kappa shape index (κ2) is 6.49. The van der Waals surface area contributed by atoms with E-state index in [1.54, 1.807) is 40.2 Å². The van der Waals surface area contributed by atoms with Gasteiger partial charge in [-0.25, -0.2) is 0 Å². The first-order valence-electron chi connectivity index (χ1n) is 6.58. The Morgan fingerprint density at radius 2 is 1.00 bits per heavy atom. The van der Waals surface area contributed by atoms with E-state index in [-0.39, 0.29) is 0 Å². The van der Waals surface area contributed by atoms with Gasteiger partial charge in [-0.3, -0.25) is 0 Å². The summed E-state index contributed by atoms with van der Waals surface area (Å²) in [6.07, 6.45) is 0. The molecule has 0 amide bonds. The summed E-state index contributed by atoms with van der Waals surface area (Å²) in [5.41, 5.74) is 0. The molecule has 0 atom stereocenters. The first kappa shape index (κ1) is 15.7. The minimum absolute atomic E-state index is 0.504. The van der Waals surface area contributed by atoms with Gasteiger partial charge in [0.25, 0.3) is 0 Å². The van der Waals surface area contributed by atoms with Crippen LogP contribution in [0.4, 0.5) is 0 Å². The molecule has 0 radical (unpaired) electrons. The van der Waals surface area contributed by atoms with Crippen LogP contribution in [0, 0.1) is 0 Å². The zero-order chi connectivity index (χ0) is 15.7. The first-order chi connectivity index (χ1) is 10.7. The van der Waals surface area contributed by atoms with E-state index in [2.05, 4.69) is 24.3 Å². The van der Waals surface area contributed by atoms with Gasteiger partial charge in [-0.15, -0.1) is 0 Å². The zero-order valence-corrected chi connectivity index (χ0v) is 15.9. The van der Waals surface area contributed by atoms with Crippen LogP contribution in [0.1, 0.15) is 0 Å². The molecule has 0 saturated heterocycles. The number of hydrogen-bond donors (Lipinski definition) is 0. The van der Waals surface area contributed by atoms with Crippen LogP contribution in [0.3, 0.4) is 0 Å². The Kier molecular flexibility index (Phi) is 4.62. The van der Waals surface area contributed by atoms with E-state index < -0.39 is 20.9 Å². The topological polar surface area (TPSA) is 36.9 Å². The zero-order valence-electron chi connectivity index (χ0n) is 12.8. The molecule has 0 fully saturated rings. The van der Waals surface area contributed by atoms with E-state index in [4.69, 9.17) is 18.9 Å². The van der Waals surface area contributed by atoms with Gasteiger partial charge in [-0.2, -0.15) is 0 Å². The molecule has 3 rings (SSSR count). The molecule has 1 aliphatic heterocycles. The van der Waals surface area contributed by atoms with E-state index in [9.17, 15) is 0 Å². The van der Waals surface area contributed by atoms with E-state index in [0.717, 1.165) is 23.0 Å². The summed E-state index contributed by atoms with van der Waals surface area (Å²) in [5.74, 6) is 3.11. The maximum atomic E-state index is 5.41. The Balaban J connectivity index is 2.05. The Morgan fingerprint density at radius 1 is 0.636 bits per heavy atom. The molecule has 0 unspecified atom stereocenters. The van der Waals surface area contributed by atoms with Gasteiger partial charge in [0.1, 0.15) is 0 Å². The van der Waals surface area contributed by atoms with Gasteiger partial charge in [0.15, 0.2) is 0 Å². The fourth-order valence-electron chi connectivity index (χ4n) is 2.24. The summed E-state index contributed by atoms with van der Waals surface area (Å²) in [6.45, 7) is 0. The van der Waals surface area contributed by atoms with Gasteiger partial charge in [0.05, 0.1) is 0 Å². The molecule has 0 saturated carbocycles. The van der Waals surface area contributed by atoms with E-state index in [1.165, 1.54) is 17.0 Å². The van der Waals surface area contributed by atoms with E-state index in [0.29, 0.717) is 0 Å². The first-order valence-corrected chi connectivity index (χ1v) is 9.72. The Labute approximate surface area is 144 Å². The number of fused-ring (bicyclic) bond motifs is 2. The maximum absolute atomic E-state index is 5.41. The molecule has 22 heavy (non-hydrogen) atoms. The SMILES string of the molecule is COc1cc2c(cc1OC)[Te]c1cc(OC)c(OC)cc1S2. The average molecular weight is 432 g/mol. The van der Waals surface area contributed by atoms with Crippen LogP contribution >= 0.6 is 11.8 Å². The van der Waals surface area contributed by atoms with Crippen LogP contribution in [0.5, 0.6) is 23.0 Å². The molecular weight excluding hydrogens is 416 g/mol. The summed E-state index contributed by atoms with van der Waals surface area (Å²) in [4.78, 5) is 2.47. The second-order valence-corrected chi connectivity index (χ2v) is 8.69. The van der Waals surface area contributed by atoms with Crippen molar-refractivity contribution in [1.29, 1.82) is 0 Å². The van der Waals surface area contributed by atoms with Crippen LogP contribution < -0.4 is 26.2 Å². The van der Waals surface area contributed by atoms with Gasteiger partial charge in [0, 0.05) is 0 Å². The standard InChI is InChI=1S/C16H16O4STe/c1-17-9-5-13-15(7-11(9)19-3)22-16-8-12(20-4)10(18-2)6-14(16)21-13/h5-8H,1-4H3. The van der Waals surface area contributed by atoms with Gasteiger partial charge in [-0.1, -0.05) is 0 Å². The van der Waals surface area contributed by atoms with Crippen molar-refractivity contribution in [3.8, 4) is 23.0 Å². The molecule has 116 valence electrons. The van der Waals surface area contributed by atoms with Gasteiger partial charge < -0.3 is 0 Å². The Morgan fingerprint density at radius 3 is 1.36 bits per heavy atom. The molecule has 1 aliphatic rings. The number of ether oxygens (including phenoxy) is 4. The molecule has 0 aliphatic carbocycles. The van der Waals surface area contributed by atoms with Crippen molar-refractivity contribution in [3.63, 3.8) is 0 Å². The summed E-state index contributed by atoms with van der Waals surface area (Å²) in [6, 6.07) is 8.32. The van der Waals surface area contributed by atoms with Crippen LogP contribution in [0.2, 0.25) is 0 Å². The average Bonchev–Trinajstić information content (AvgIpc) is 2.57. The van der Waals surface area contributed by atoms with Gasteiger partial charge in [-0.05, 0) is 0 Å². The van der Waals surface area contributed by atoms with Crippen LogP contribution in [-0.2, 0) is 0 Å². The van der Waals surface area contributed by atoms with E-state index >= 15 is 0 Å². The molecule has 2 aromatic rings. The summed E-state index contributed by atoms with van der Waals surface area (Å²) in [5, 5.41) is 0. The third kappa shape index (κ3) is 2.71. The molecule has 2 aromatic carbocycles. The summed E-state index contributed by atoms with van der Waals surface area (Å²) >= 11 is 1.24. The van der Waals surface area contributed by atoms with Gasteiger partial charge in [0.2, 0.25) is 0 Å². The van der Waals surface area contributed by atoms with Crippen LogP contribution in [-0.4, -0.2) is 49.4 Å². The van der Waals surface area contributed by atoms with Crippen molar-refractivity contribution in [3.05, 3.63) is 24.3 Å². The Hall–Kier alpha value is -1.22. The third-order valence-corrected chi connectivity index (χ3v) is 8.45. The third-order valence-electron chi connectivity index (χ3n) is 3.34. The van der Waals surface area contributed by atoms with Crippen molar-refractivity contribution >= 4 is 39.9 Å². The van der Waals surface area contributed by atoms with E-state index in [1.807, 2.05) is 0 Å². The quantitative estimate of drug-likeness (QED) is 0.589. The molecule has 4 nitrogen and oxygen atoms in total. The van der Waals surface area contributed by atoms with Crippen LogP contribution in [0.15, 0.2) is 34.1 Å². The van der Waals surface area contributed by atoms with Crippen molar-refractivity contribution in [2.75, 3.05) is 28.4 Å². The van der Waals surface area contributed by atoms with Crippen molar-refractivity contribution in [2.45, 2.75) is 9.79 Å². The van der Waals surface area contributed by atoms with Gasteiger partial charge >= 0.3 is 144 Å². The predicted molar refractivity (Wildman–Crippen MR) is 88.2 cm³/mol. The normalized spacial score (nSPS) is 12.2. The molecule has 0 spiro atoms. The van der Waals surface area contributed by atoms with Crippen LogP contribution in [0.25, 0.3) is 0 Å². The molecule has 0 N–H and O–H groups in total. The minimum atomic E-state index is -0.504. The predicted octanol–water partition coefficient (Wildman–Crippen LogP) is 1.84. The summed E-state index contributed by atoms with van der Waals surface area (Å²) in [7, 11) is 6.66. The number of hydrogen-bond acceptors (Lipinski definition) is 5. The second-order valence-electron chi connectivity index (χ2n) is 4.51. The van der Waals surface area contributed by atoms with Crippen molar-refractivity contribution in [1.82, 2.24) is 0 Å². The fourth-order valence-corrected chi connectivity index (χ4v) is 6.93. The number of methoxy groups -OCH3 is 4. The monoisotopic (exact) mass is 434 g/mol. The molecular formula is C16H16O4STe. The molecule has 1 heterocycles. The summed E-state index contributed by atoms with van der Waals surface area (Å²) < 4.78 is 24.3. The van der Waals surface area contributed by atoms with Crippen molar-refractivity contribution < 1.29 is 18.9 Å². The van der Waals surface area contributed by atoms with Crippen molar-refractivity contribution in [2.24, 2.45) is 0 Å². The molecule has 6 heteroatoms. The Bertz CT molecular complexity index is 598. The molecule has 0 bridgehead atoms. The fraction of sp³-hybridized carbons (Fsp3) is 0.250.